The number of aromatic nitrogens is 1. The third kappa shape index (κ3) is 1.89. The van der Waals surface area contributed by atoms with Gasteiger partial charge in [-0.25, -0.2) is 4.98 Å². The Labute approximate surface area is 86.7 Å². The fourth-order valence-electron chi connectivity index (χ4n) is 1.37. The number of nitrogens with one attached hydrogen (secondary N) is 1. The Morgan fingerprint density at radius 1 is 1.67 bits per heavy atom. The van der Waals surface area contributed by atoms with Gasteiger partial charge < -0.3 is 10.1 Å². The molecule has 5 heteroatoms. The zero-order valence-corrected chi connectivity index (χ0v) is 7.93. The minimum Gasteiger partial charge on any atom is -0.477 e. The number of ether oxygens (including phenoxy) is 1. The van der Waals surface area contributed by atoms with Crippen molar-refractivity contribution in [1.29, 1.82) is 5.26 Å². The molecule has 1 aliphatic rings. The molecule has 0 aromatic carbocycles. The summed E-state index contributed by atoms with van der Waals surface area (Å²) in [6, 6.07) is 5.45. The van der Waals surface area contributed by atoms with E-state index < -0.39 is 6.10 Å². The number of anilines is 1. The number of hydrogen-bond donors (Lipinski definition) is 1. The lowest BCUT2D eigenvalue weighted by molar-refractivity contribution is -0.123. The summed E-state index contributed by atoms with van der Waals surface area (Å²) in [7, 11) is 0. The van der Waals surface area contributed by atoms with E-state index in [1.807, 2.05) is 6.07 Å². The van der Waals surface area contributed by atoms with E-state index in [9.17, 15) is 4.79 Å². The minimum absolute atomic E-state index is 0.239. The third-order valence-corrected chi connectivity index (χ3v) is 2.09. The summed E-state index contributed by atoms with van der Waals surface area (Å²) in [6.45, 7) is 0. The highest BCUT2D eigenvalue weighted by Crippen LogP contribution is 2.27. The Bertz CT molecular complexity index is 425. The predicted molar refractivity (Wildman–Crippen MR) is 52.1 cm³/mol. The Kier molecular flexibility index (Phi) is 2.50. The molecule has 1 aromatic heterocycles. The summed E-state index contributed by atoms with van der Waals surface area (Å²) in [4.78, 5) is 15.4. The number of nitriles is 1. The van der Waals surface area contributed by atoms with Gasteiger partial charge in [-0.15, -0.1) is 0 Å². The summed E-state index contributed by atoms with van der Waals surface area (Å²) in [5, 5.41) is 11.1. The van der Waals surface area contributed by atoms with Crippen LogP contribution in [-0.2, 0) is 4.79 Å². The summed E-state index contributed by atoms with van der Waals surface area (Å²) >= 11 is 0. The molecule has 0 radical (unpaired) electrons. The molecule has 0 saturated heterocycles. The van der Waals surface area contributed by atoms with E-state index in [-0.39, 0.29) is 5.91 Å². The van der Waals surface area contributed by atoms with Crippen molar-refractivity contribution in [3.8, 4) is 11.8 Å². The molecule has 15 heavy (non-hydrogen) atoms. The second kappa shape index (κ2) is 3.96. The molecule has 5 nitrogen and oxygen atoms in total. The average molecular weight is 203 g/mol. The predicted octanol–water partition coefficient (Wildman–Crippen LogP) is 1.08. The van der Waals surface area contributed by atoms with Crippen molar-refractivity contribution in [2.45, 2.75) is 18.9 Å². The molecular formula is C10H9N3O2. The molecular weight excluding hydrogens is 194 g/mol. The molecule has 76 valence electrons. The van der Waals surface area contributed by atoms with Gasteiger partial charge in [0.2, 0.25) is 0 Å². The molecule has 1 aliphatic heterocycles. The lowest BCUT2D eigenvalue weighted by atomic mass is 10.1. The van der Waals surface area contributed by atoms with Crippen LogP contribution in [0.2, 0.25) is 0 Å². The van der Waals surface area contributed by atoms with Crippen LogP contribution >= 0.6 is 0 Å². The van der Waals surface area contributed by atoms with Gasteiger partial charge in [-0.3, -0.25) is 4.79 Å². The largest absolute Gasteiger partial charge is 0.477 e. The fraction of sp³-hybridized carbons (Fsp3) is 0.300. The quantitative estimate of drug-likeness (QED) is 0.780. The molecule has 2 rings (SSSR count). The SMILES string of the molecule is N#CCCC1Oc2cccnc2NC1=O. The van der Waals surface area contributed by atoms with E-state index in [2.05, 4.69) is 10.3 Å². The maximum absolute atomic E-state index is 11.5. The zero-order valence-electron chi connectivity index (χ0n) is 7.93. The molecule has 0 bridgehead atoms. The summed E-state index contributed by atoms with van der Waals surface area (Å²) in [5.41, 5.74) is 0. The first-order valence-electron chi connectivity index (χ1n) is 4.61. The molecule has 1 amide bonds. The first-order valence-corrected chi connectivity index (χ1v) is 4.61. The Hall–Kier alpha value is -2.09. The monoisotopic (exact) mass is 203 g/mol. The van der Waals surface area contributed by atoms with Gasteiger partial charge in [0.25, 0.3) is 5.91 Å². The van der Waals surface area contributed by atoms with Gasteiger partial charge in [-0.1, -0.05) is 0 Å². The standard InChI is InChI=1S/C10H9N3O2/c11-5-1-3-8-10(14)13-9-7(15-8)4-2-6-12-9/h2,4,6,8H,1,3H2,(H,12,13,14). The van der Waals surface area contributed by atoms with Crippen molar-refractivity contribution in [3.63, 3.8) is 0 Å². The van der Waals surface area contributed by atoms with Gasteiger partial charge in [0.15, 0.2) is 17.7 Å². The first kappa shape index (κ1) is 9.46. The topological polar surface area (TPSA) is 75.0 Å². The van der Waals surface area contributed by atoms with Crippen molar-refractivity contribution in [2.24, 2.45) is 0 Å². The Morgan fingerprint density at radius 2 is 2.53 bits per heavy atom. The molecule has 0 fully saturated rings. The van der Waals surface area contributed by atoms with Crippen LogP contribution in [0.15, 0.2) is 18.3 Å². The lowest BCUT2D eigenvalue weighted by Gasteiger charge is -2.24. The molecule has 0 aliphatic carbocycles. The summed E-state index contributed by atoms with van der Waals surface area (Å²) in [5.74, 6) is 0.757. The van der Waals surface area contributed by atoms with E-state index in [1.165, 1.54) is 0 Å². The fourth-order valence-corrected chi connectivity index (χ4v) is 1.37. The third-order valence-electron chi connectivity index (χ3n) is 2.09. The number of pyridine rings is 1. The second-order valence-corrected chi connectivity index (χ2v) is 3.14. The molecule has 1 N–H and O–H groups in total. The van der Waals surface area contributed by atoms with Crippen LogP contribution in [-0.4, -0.2) is 17.0 Å². The Morgan fingerprint density at radius 3 is 3.33 bits per heavy atom. The van der Waals surface area contributed by atoms with E-state index in [0.29, 0.717) is 24.4 Å². The number of carbonyl (C=O) groups excluding carboxylic acids is 1. The molecule has 1 aromatic rings. The number of hydrogen-bond acceptors (Lipinski definition) is 4. The molecule has 1 atom stereocenters. The molecule has 1 unspecified atom stereocenters. The summed E-state index contributed by atoms with van der Waals surface area (Å²) in [6.07, 6.45) is 1.70. The van der Waals surface area contributed by atoms with Crippen LogP contribution in [0.4, 0.5) is 5.82 Å². The number of carbonyl (C=O) groups is 1. The van der Waals surface area contributed by atoms with E-state index in [1.54, 1.807) is 18.3 Å². The lowest BCUT2D eigenvalue weighted by Crippen LogP contribution is -2.37. The van der Waals surface area contributed by atoms with Gasteiger partial charge in [-0.2, -0.15) is 5.26 Å². The van der Waals surface area contributed by atoms with Crippen molar-refractivity contribution in [1.82, 2.24) is 4.98 Å². The zero-order chi connectivity index (χ0) is 10.7. The van der Waals surface area contributed by atoms with Crippen molar-refractivity contribution in [2.75, 3.05) is 5.32 Å². The number of amides is 1. The maximum atomic E-state index is 11.5. The van der Waals surface area contributed by atoms with Crippen LogP contribution in [0, 0.1) is 11.3 Å². The van der Waals surface area contributed by atoms with Crippen molar-refractivity contribution >= 4 is 11.7 Å². The van der Waals surface area contributed by atoms with Gasteiger partial charge in [-0.05, 0) is 12.1 Å². The highest BCUT2D eigenvalue weighted by Gasteiger charge is 2.27. The van der Waals surface area contributed by atoms with Crippen LogP contribution in [0.25, 0.3) is 0 Å². The van der Waals surface area contributed by atoms with Crippen LogP contribution in [0.3, 0.4) is 0 Å². The van der Waals surface area contributed by atoms with Gasteiger partial charge in [0, 0.05) is 19.0 Å². The Balaban J connectivity index is 2.15. The number of nitrogens with zero attached hydrogens (tertiary/aromatic N) is 2. The van der Waals surface area contributed by atoms with Gasteiger partial charge in [0.05, 0.1) is 6.07 Å². The van der Waals surface area contributed by atoms with Crippen LogP contribution in [0.5, 0.6) is 5.75 Å². The van der Waals surface area contributed by atoms with Crippen LogP contribution in [0.1, 0.15) is 12.8 Å². The van der Waals surface area contributed by atoms with E-state index >= 15 is 0 Å². The molecule has 2 heterocycles. The highest BCUT2D eigenvalue weighted by atomic mass is 16.5. The van der Waals surface area contributed by atoms with E-state index in [0.717, 1.165) is 0 Å². The molecule has 0 saturated carbocycles. The van der Waals surface area contributed by atoms with E-state index in [4.69, 9.17) is 10.00 Å². The number of fused-ring (bicyclic) bond motifs is 1. The average Bonchev–Trinajstić information content (AvgIpc) is 2.26. The van der Waals surface area contributed by atoms with Crippen LogP contribution < -0.4 is 10.1 Å². The first-order chi connectivity index (χ1) is 7.31. The van der Waals surface area contributed by atoms with Crippen molar-refractivity contribution in [3.05, 3.63) is 18.3 Å². The number of rotatable bonds is 2. The van der Waals surface area contributed by atoms with Gasteiger partial charge in [0.1, 0.15) is 0 Å². The highest BCUT2D eigenvalue weighted by molar-refractivity contribution is 5.96. The smallest absolute Gasteiger partial charge is 0.266 e. The van der Waals surface area contributed by atoms with Crippen molar-refractivity contribution < 1.29 is 9.53 Å². The van der Waals surface area contributed by atoms with Gasteiger partial charge >= 0.3 is 0 Å². The summed E-state index contributed by atoms with van der Waals surface area (Å²) < 4.78 is 5.42. The molecule has 0 spiro atoms. The normalized spacial score (nSPS) is 18.3. The maximum Gasteiger partial charge on any atom is 0.266 e. The second-order valence-electron chi connectivity index (χ2n) is 3.14. The minimum atomic E-state index is -0.582.